The molecule has 0 saturated carbocycles. The van der Waals surface area contributed by atoms with E-state index in [0.29, 0.717) is 12.5 Å². The highest BCUT2D eigenvalue weighted by atomic mass is 16.5. The Balaban J connectivity index is 2.02. The predicted molar refractivity (Wildman–Crippen MR) is 75.9 cm³/mol. The van der Waals surface area contributed by atoms with Crippen molar-refractivity contribution in [1.29, 1.82) is 0 Å². The van der Waals surface area contributed by atoms with Gasteiger partial charge in [0.1, 0.15) is 0 Å². The van der Waals surface area contributed by atoms with Crippen molar-refractivity contribution < 1.29 is 9.53 Å². The molecule has 0 aliphatic carbocycles. The molecule has 1 aromatic rings. The number of aromatic nitrogens is 1. The van der Waals surface area contributed by atoms with Crippen molar-refractivity contribution in [1.82, 2.24) is 15.2 Å². The molecule has 1 aromatic heterocycles. The van der Waals surface area contributed by atoms with E-state index >= 15 is 0 Å². The largest absolute Gasteiger partial charge is 0.478 e. The molecule has 20 heavy (non-hydrogen) atoms. The number of rotatable bonds is 5. The van der Waals surface area contributed by atoms with Gasteiger partial charge in [0.05, 0.1) is 0 Å². The van der Waals surface area contributed by atoms with E-state index in [1.54, 1.807) is 22.9 Å². The van der Waals surface area contributed by atoms with Crippen molar-refractivity contribution in [2.24, 2.45) is 5.92 Å². The summed E-state index contributed by atoms with van der Waals surface area (Å²) in [5, 5.41) is 5.76. The average molecular weight is 279 g/mol. The average Bonchev–Trinajstić information content (AvgIpc) is 2.49. The van der Waals surface area contributed by atoms with Gasteiger partial charge in [-0.25, -0.2) is 0 Å². The van der Waals surface area contributed by atoms with E-state index in [-0.39, 0.29) is 23.8 Å². The van der Waals surface area contributed by atoms with Crippen LogP contribution in [0, 0.1) is 5.92 Å². The van der Waals surface area contributed by atoms with Crippen LogP contribution in [0.25, 0.3) is 0 Å². The van der Waals surface area contributed by atoms with Crippen molar-refractivity contribution in [3.05, 3.63) is 28.7 Å². The number of nitrogens with zero attached hydrogens (tertiary/aromatic N) is 1. The number of nitrogens with one attached hydrogen (secondary N) is 2. The second-order valence-corrected chi connectivity index (χ2v) is 4.99. The number of pyridine rings is 1. The van der Waals surface area contributed by atoms with Gasteiger partial charge in [-0.1, -0.05) is 0 Å². The third-order valence-electron chi connectivity index (χ3n) is 3.54. The van der Waals surface area contributed by atoms with Crippen molar-refractivity contribution in [2.45, 2.75) is 19.4 Å². The van der Waals surface area contributed by atoms with Gasteiger partial charge < -0.3 is 19.9 Å². The Bertz CT molecular complexity index is 507. The first-order valence-corrected chi connectivity index (χ1v) is 6.94. The number of carbonyl (C=O) groups is 1. The molecule has 6 nitrogen and oxygen atoms in total. The molecule has 0 atom stereocenters. The van der Waals surface area contributed by atoms with E-state index < -0.39 is 0 Å². The van der Waals surface area contributed by atoms with Crippen LogP contribution < -0.4 is 20.9 Å². The SMILES string of the molecule is CNC(=O)COc1cccn(CC2CCNCC2)c1=O. The predicted octanol–water partition coefficient (Wildman–Crippen LogP) is -0.0273. The zero-order chi connectivity index (χ0) is 14.4. The summed E-state index contributed by atoms with van der Waals surface area (Å²) >= 11 is 0. The molecular formula is C14H21N3O3. The minimum absolute atomic E-state index is 0.136. The topological polar surface area (TPSA) is 72.4 Å². The molecule has 1 aliphatic rings. The number of amides is 1. The van der Waals surface area contributed by atoms with Crippen LogP contribution in [-0.4, -0.2) is 37.2 Å². The zero-order valence-corrected chi connectivity index (χ0v) is 11.7. The van der Waals surface area contributed by atoms with Crippen LogP contribution >= 0.6 is 0 Å². The van der Waals surface area contributed by atoms with Crippen LogP contribution in [0.5, 0.6) is 5.75 Å². The highest BCUT2D eigenvalue weighted by molar-refractivity contribution is 5.77. The number of hydrogen-bond acceptors (Lipinski definition) is 4. The van der Waals surface area contributed by atoms with Crippen molar-refractivity contribution in [3.8, 4) is 5.75 Å². The van der Waals surface area contributed by atoms with Crippen LogP contribution in [0.3, 0.4) is 0 Å². The van der Waals surface area contributed by atoms with E-state index in [9.17, 15) is 9.59 Å². The van der Waals surface area contributed by atoms with E-state index in [2.05, 4.69) is 10.6 Å². The summed E-state index contributed by atoms with van der Waals surface area (Å²) in [6.45, 7) is 2.58. The number of piperidine rings is 1. The minimum Gasteiger partial charge on any atom is -0.478 e. The smallest absolute Gasteiger partial charge is 0.292 e. The lowest BCUT2D eigenvalue weighted by Gasteiger charge is -2.23. The van der Waals surface area contributed by atoms with E-state index in [1.165, 1.54) is 7.05 Å². The Morgan fingerprint density at radius 3 is 2.95 bits per heavy atom. The fourth-order valence-electron chi connectivity index (χ4n) is 2.33. The van der Waals surface area contributed by atoms with Gasteiger partial charge in [0, 0.05) is 19.8 Å². The fraction of sp³-hybridized carbons (Fsp3) is 0.571. The Morgan fingerprint density at radius 1 is 1.50 bits per heavy atom. The highest BCUT2D eigenvalue weighted by Gasteiger charge is 2.15. The number of likely N-dealkylation sites (N-methyl/N-ethyl adjacent to an activating group) is 1. The summed E-state index contributed by atoms with van der Waals surface area (Å²) in [4.78, 5) is 23.4. The summed E-state index contributed by atoms with van der Waals surface area (Å²) in [5.41, 5.74) is -0.171. The third-order valence-corrected chi connectivity index (χ3v) is 3.54. The van der Waals surface area contributed by atoms with E-state index in [1.807, 2.05) is 0 Å². The van der Waals surface area contributed by atoms with Gasteiger partial charge in [-0.2, -0.15) is 0 Å². The molecular weight excluding hydrogens is 258 g/mol. The standard InChI is InChI=1S/C14H21N3O3/c1-15-13(18)10-20-12-3-2-8-17(14(12)19)9-11-4-6-16-7-5-11/h2-3,8,11,16H,4-7,9-10H2,1H3,(H,15,18). The molecule has 0 aromatic carbocycles. The second-order valence-electron chi connectivity index (χ2n) is 4.99. The Morgan fingerprint density at radius 2 is 2.25 bits per heavy atom. The highest BCUT2D eigenvalue weighted by Crippen LogP contribution is 2.14. The molecule has 0 bridgehead atoms. The molecule has 2 heterocycles. The van der Waals surface area contributed by atoms with Crippen molar-refractivity contribution >= 4 is 5.91 Å². The maximum atomic E-state index is 12.2. The molecule has 2 N–H and O–H groups in total. The zero-order valence-electron chi connectivity index (χ0n) is 11.7. The molecule has 1 amide bonds. The molecule has 6 heteroatoms. The first kappa shape index (κ1) is 14.6. The fourth-order valence-corrected chi connectivity index (χ4v) is 2.33. The van der Waals surface area contributed by atoms with E-state index in [4.69, 9.17) is 4.74 Å². The summed E-state index contributed by atoms with van der Waals surface area (Å²) in [6.07, 6.45) is 3.93. The molecule has 2 rings (SSSR count). The maximum Gasteiger partial charge on any atom is 0.292 e. The lowest BCUT2D eigenvalue weighted by Crippen LogP contribution is -2.33. The Kier molecular flexibility index (Phi) is 5.17. The quantitative estimate of drug-likeness (QED) is 0.794. The van der Waals surface area contributed by atoms with Crippen LogP contribution in [0.2, 0.25) is 0 Å². The van der Waals surface area contributed by atoms with Crippen LogP contribution in [-0.2, 0) is 11.3 Å². The van der Waals surface area contributed by atoms with Gasteiger partial charge in [0.2, 0.25) is 0 Å². The van der Waals surface area contributed by atoms with Crippen molar-refractivity contribution in [3.63, 3.8) is 0 Å². The first-order chi connectivity index (χ1) is 9.70. The monoisotopic (exact) mass is 279 g/mol. The third kappa shape index (κ3) is 3.84. The number of ether oxygens (including phenoxy) is 1. The second kappa shape index (κ2) is 7.09. The molecule has 1 fully saturated rings. The Labute approximate surface area is 118 Å². The first-order valence-electron chi connectivity index (χ1n) is 6.94. The van der Waals surface area contributed by atoms with Gasteiger partial charge in [0.15, 0.2) is 12.4 Å². The van der Waals surface area contributed by atoms with Crippen LogP contribution in [0.4, 0.5) is 0 Å². The summed E-state index contributed by atoms with van der Waals surface area (Å²) in [6, 6.07) is 3.38. The van der Waals surface area contributed by atoms with Crippen LogP contribution in [0.1, 0.15) is 12.8 Å². The van der Waals surface area contributed by atoms with Gasteiger partial charge in [-0.15, -0.1) is 0 Å². The van der Waals surface area contributed by atoms with Crippen molar-refractivity contribution in [2.75, 3.05) is 26.7 Å². The normalized spacial score (nSPS) is 15.8. The van der Waals surface area contributed by atoms with Gasteiger partial charge in [0.25, 0.3) is 11.5 Å². The Hall–Kier alpha value is -1.82. The van der Waals surface area contributed by atoms with Gasteiger partial charge >= 0.3 is 0 Å². The van der Waals surface area contributed by atoms with Crippen LogP contribution in [0.15, 0.2) is 23.1 Å². The molecule has 1 saturated heterocycles. The molecule has 1 aliphatic heterocycles. The van der Waals surface area contributed by atoms with Gasteiger partial charge in [-0.05, 0) is 44.0 Å². The molecule has 0 unspecified atom stereocenters. The number of hydrogen-bond donors (Lipinski definition) is 2. The van der Waals surface area contributed by atoms with E-state index in [0.717, 1.165) is 25.9 Å². The lowest BCUT2D eigenvalue weighted by atomic mass is 9.98. The minimum atomic E-state index is -0.252. The maximum absolute atomic E-state index is 12.2. The summed E-state index contributed by atoms with van der Waals surface area (Å²) < 4.78 is 6.94. The van der Waals surface area contributed by atoms with Gasteiger partial charge in [-0.3, -0.25) is 9.59 Å². The molecule has 0 spiro atoms. The molecule has 0 radical (unpaired) electrons. The summed E-state index contributed by atoms with van der Waals surface area (Å²) in [5.74, 6) is 0.492. The molecule has 110 valence electrons. The summed E-state index contributed by atoms with van der Waals surface area (Å²) in [7, 11) is 1.53. The lowest BCUT2D eigenvalue weighted by molar-refractivity contribution is -0.122. The number of carbonyl (C=O) groups excluding carboxylic acids is 1.